The molecule has 0 unspecified atom stereocenters. The molecule has 5 heteroatoms. The van der Waals surface area contributed by atoms with Crippen LogP contribution >= 0.6 is 0 Å². The van der Waals surface area contributed by atoms with Crippen LogP contribution < -0.4 is 0 Å². The molecule has 0 radical (unpaired) electrons. The Bertz CT molecular complexity index is 750. The normalized spacial score (nSPS) is 47.1. The van der Waals surface area contributed by atoms with Crippen molar-refractivity contribution >= 4 is 17.3 Å². The molecule has 4 aliphatic rings. The van der Waals surface area contributed by atoms with Crippen LogP contribution in [-0.4, -0.2) is 40.3 Å². The summed E-state index contributed by atoms with van der Waals surface area (Å²) >= 11 is 0. The maximum atomic E-state index is 13.3. The molecule has 0 aliphatic heterocycles. The predicted octanol–water partition coefficient (Wildman–Crippen LogP) is 1.62. The molecule has 26 heavy (non-hydrogen) atoms. The van der Waals surface area contributed by atoms with Gasteiger partial charge in [0.15, 0.2) is 11.6 Å². The molecule has 3 fully saturated rings. The number of carbonyl (C=O) groups is 3. The molecular weight excluding hydrogens is 332 g/mol. The summed E-state index contributed by atoms with van der Waals surface area (Å²) in [5.74, 6) is -1.03. The number of hydrogen-bond acceptors (Lipinski definition) is 5. The Morgan fingerprint density at radius 1 is 1.27 bits per heavy atom. The van der Waals surface area contributed by atoms with Crippen molar-refractivity contribution in [2.75, 3.05) is 6.61 Å². The molecule has 140 valence electrons. The fraction of sp³-hybridized carbons (Fsp3) is 0.667. The largest absolute Gasteiger partial charge is 0.392 e. The van der Waals surface area contributed by atoms with Gasteiger partial charge in [0.2, 0.25) is 0 Å². The Balaban J connectivity index is 1.77. The van der Waals surface area contributed by atoms with E-state index in [9.17, 15) is 24.6 Å². The standard InChI is InChI=1S/C21H26O5/c1-20-6-5-12(23)7-11(20)8-15(24)18-14-4-3-13(17(26)10-22)21(14,2)9-16(25)19(18)20/h5-7,13-15,18-19,22,24H,3-4,8-10H2,1-2H3/t13-,14+,15-,18-,19+,20+,21-/m1/s1. The molecule has 0 aromatic rings. The quantitative estimate of drug-likeness (QED) is 0.783. The van der Waals surface area contributed by atoms with Crippen molar-refractivity contribution in [3.8, 4) is 0 Å². The predicted molar refractivity (Wildman–Crippen MR) is 94.0 cm³/mol. The van der Waals surface area contributed by atoms with E-state index >= 15 is 0 Å². The number of hydrogen-bond donors (Lipinski definition) is 2. The SMILES string of the molecule is C[C@]12CC(=O)[C@H]3[C@@H]([C@H](O)CC4=CC(=O)C=C[C@@]43C)[C@@H]1CC[C@@H]2C(=O)CO. The summed E-state index contributed by atoms with van der Waals surface area (Å²) in [6.07, 6.45) is 6.42. The number of allylic oxidation sites excluding steroid dienone is 3. The lowest BCUT2D eigenvalue weighted by molar-refractivity contribution is -0.154. The van der Waals surface area contributed by atoms with Gasteiger partial charge in [0, 0.05) is 23.7 Å². The number of rotatable bonds is 2. The third-order valence-corrected chi connectivity index (χ3v) is 7.83. The average molecular weight is 358 g/mol. The van der Waals surface area contributed by atoms with Crippen LogP contribution in [0.2, 0.25) is 0 Å². The highest BCUT2D eigenvalue weighted by molar-refractivity contribution is 6.02. The summed E-state index contributed by atoms with van der Waals surface area (Å²) in [6, 6.07) is 0. The van der Waals surface area contributed by atoms with Gasteiger partial charge in [-0.1, -0.05) is 25.5 Å². The molecule has 0 saturated heterocycles. The Morgan fingerprint density at radius 3 is 2.69 bits per heavy atom. The van der Waals surface area contributed by atoms with E-state index < -0.39 is 23.5 Å². The molecule has 0 aromatic heterocycles. The van der Waals surface area contributed by atoms with E-state index in [0.717, 1.165) is 12.0 Å². The van der Waals surface area contributed by atoms with Gasteiger partial charge in [-0.15, -0.1) is 0 Å². The zero-order valence-corrected chi connectivity index (χ0v) is 15.3. The first-order valence-corrected chi connectivity index (χ1v) is 9.51. The van der Waals surface area contributed by atoms with Crippen LogP contribution in [0, 0.1) is 34.5 Å². The van der Waals surface area contributed by atoms with E-state index in [2.05, 4.69) is 0 Å². The minimum Gasteiger partial charge on any atom is -0.392 e. The van der Waals surface area contributed by atoms with Crippen LogP contribution in [0.1, 0.15) is 39.5 Å². The first-order chi connectivity index (χ1) is 12.2. The molecule has 0 aromatic carbocycles. The lowest BCUT2D eigenvalue weighted by Gasteiger charge is -2.57. The van der Waals surface area contributed by atoms with E-state index in [1.807, 2.05) is 19.9 Å². The number of ketones is 3. The van der Waals surface area contributed by atoms with E-state index in [0.29, 0.717) is 19.3 Å². The smallest absolute Gasteiger partial charge is 0.178 e. The average Bonchev–Trinajstić information content (AvgIpc) is 2.92. The fourth-order valence-electron chi connectivity index (χ4n) is 6.63. The van der Waals surface area contributed by atoms with Gasteiger partial charge in [0.25, 0.3) is 0 Å². The van der Waals surface area contributed by atoms with Crippen molar-refractivity contribution in [2.45, 2.75) is 45.6 Å². The fourth-order valence-corrected chi connectivity index (χ4v) is 6.63. The molecule has 4 aliphatic carbocycles. The molecule has 2 N–H and O–H groups in total. The van der Waals surface area contributed by atoms with Crippen LogP contribution in [0.25, 0.3) is 0 Å². The van der Waals surface area contributed by atoms with Gasteiger partial charge < -0.3 is 10.2 Å². The van der Waals surface area contributed by atoms with Crippen LogP contribution in [0.15, 0.2) is 23.8 Å². The maximum absolute atomic E-state index is 13.3. The molecule has 4 rings (SSSR count). The minimum atomic E-state index is -0.685. The molecule has 3 saturated carbocycles. The van der Waals surface area contributed by atoms with Crippen molar-refractivity contribution in [3.05, 3.63) is 23.8 Å². The van der Waals surface area contributed by atoms with E-state index in [-0.39, 0.29) is 41.0 Å². The second-order valence-corrected chi connectivity index (χ2v) is 9.02. The van der Waals surface area contributed by atoms with E-state index in [1.54, 1.807) is 6.08 Å². The number of carbonyl (C=O) groups excluding carboxylic acids is 3. The lowest BCUT2D eigenvalue weighted by Crippen LogP contribution is -2.58. The number of aliphatic hydroxyl groups excluding tert-OH is 2. The highest BCUT2D eigenvalue weighted by Gasteiger charge is 2.64. The summed E-state index contributed by atoms with van der Waals surface area (Å²) in [4.78, 5) is 37.4. The number of aliphatic hydroxyl groups is 2. The van der Waals surface area contributed by atoms with Gasteiger partial charge in [-0.05, 0) is 48.7 Å². The summed E-state index contributed by atoms with van der Waals surface area (Å²) in [5.41, 5.74) is -0.184. The minimum absolute atomic E-state index is 0.0672. The van der Waals surface area contributed by atoms with Crippen LogP contribution in [0.4, 0.5) is 0 Å². The molecule has 0 heterocycles. The van der Waals surface area contributed by atoms with Crippen molar-refractivity contribution < 1.29 is 24.6 Å². The Kier molecular flexibility index (Phi) is 3.90. The van der Waals surface area contributed by atoms with Gasteiger partial charge in [0.1, 0.15) is 12.4 Å². The van der Waals surface area contributed by atoms with Crippen molar-refractivity contribution in [3.63, 3.8) is 0 Å². The van der Waals surface area contributed by atoms with Crippen LogP contribution in [0.3, 0.4) is 0 Å². The second-order valence-electron chi connectivity index (χ2n) is 9.02. The number of Topliss-reactive ketones (excluding diaryl/α,β-unsaturated/α-hetero) is 2. The van der Waals surface area contributed by atoms with E-state index in [4.69, 9.17) is 0 Å². The molecular formula is C21H26O5. The molecule has 0 bridgehead atoms. The van der Waals surface area contributed by atoms with Crippen molar-refractivity contribution in [1.29, 1.82) is 0 Å². The summed E-state index contributed by atoms with van der Waals surface area (Å²) < 4.78 is 0. The van der Waals surface area contributed by atoms with Gasteiger partial charge >= 0.3 is 0 Å². The second kappa shape index (κ2) is 5.70. The molecule has 0 spiro atoms. The van der Waals surface area contributed by atoms with Gasteiger partial charge in [-0.3, -0.25) is 14.4 Å². The zero-order valence-electron chi connectivity index (χ0n) is 15.3. The highest BCUT2D eigenvalue weighted by atomic mass is 16.3. The van der Waals surface area contributed by atoms with Gasteiger partial charge in [-0.25, -0.2) is 0 Å². The monoisotopic (exact) mass is 358 g/mol. The maximum Gasteiger partial charge on any atom is 0.178 e. The van der Waals surface area contributed by atoms with Crippen LogP contribution in [-0.2, 0) is 14.4 Å². The van der Waals surface area contributed by atoms with Crippen molar-refractivity contribution in [1.82, 2.24) is 0 Å². The lowest BCUT2D eigenvalue weighted by atomic mass is 9.46. The molecule has 7 atom stereocenters. The third kappa shape index (κ3) is 2.20. The Morgan fingerprint density at radius 2 is 2.00 bits per heavy atom. The molecule has 0 amide bonds. The topological polar surface area (TPSA) is 91.7 Å². The van der Waals surface area contributed by atoms with Gasteiger partial charge in [-0.2, -0.15) is 0 Å². The van der Waals surface area contributed by atoms with Crippen LogP contribution in [0.5, 0.6) is 0 Å². The first kappa shape index (κ1) is 17.8. The zero-order chi connectivity index (χ0) is 18.9. The third-order valence-electron chi connectivity index (χ3n) is 7.83. The summed E-state index contributed by atoms with van der Waals surface area (Å²) in [7, 11) is 0. The Hall–Kier alpha value is -1.59. The first-order valence-electron chi connectivity index (χ1n) is 9.51. The van der Waals surface area contributed by atoms with Crippen molar-refractivity contribution in [2.24, 2.45) is 34.5 Å². The summed E-state index contributed by atoms with van der Waals surface area (Å²) in [5, 5.41) is 20.3. The highest BCUT2D eigenvalue weighted by Crippen LogP contribution is 2.64. The molecule has 5 nitrogen and oxygen atoms in total. The van der Waals surface area contributed by atoms with E-state index in [1.165, 1.54) is 6.08 Å². The van der Waals surface area contributed by atoms with Gasteiger partial charge in [0.05, 0.1) is 6.10 Å². The summed E-state index contributed by atoms with van der Waals surface area (Å²) in [6.45, 7) is 3.49. The number of fused-ring (bicyclic) bond motifs is 5. The Labute approximate surface area is 153 Å².